The van der Waals surface area contributed by atoms with Crippen molar-refractivity contribution < 1.29 is 9.53 Å². The highest BCUT2D eigenvalue weighted by molar-refractivity contribution is 5.88. The second kappa shape index (κ2) is 5.48. The third-order valence-corrected chi connectivity index (χ3v) is 2.05. The molecule has 0 aliphatic carbocycles. The zero-order chi connectivity index (χ0) is 11.3. The number of aryl methyl sites for hydroxylation is 1. The van der Waals surface area contributed by atoms with Gasteiger partial charge in [0.2, 0.25) is 0 Å². The molecule has 5 heteroatoms. The molecule has 5 nitrogen and oxygen atoms in total. The van der Waals surface area contributed by atoms with Crippen LogP contribution in [-0.4, -0.2) is 28.0 Å². The van der Waals surface area contributed by atoms with Crippen molar-refractivity contribution in [3.8, 4) is 0 Å². The smallest absolute Gasteiger partial charge is 0.360 e. The molecular weight excluding hydrogens is 194 g/mol. The van der Waals surface area contributed by atoms with Crippen molar-refractivity contribution in [2.24, 2.45) is 5.92 Å². The number of nitrogens with zero attached hydrogens (tertiary/aromatic N) is 2. The highest BCUT2D eigenvalue weighted by Gasteiger charge is 2.17. The number of carbonyl (C=O) groups is 1. The van der Waals surface area contributed by atoms with Crippen molar-refractivity contribution in [2.45, 2.75) is 33.6 Å². The van der Waals surface area contributed by atoms with Gasteiger partial charge in [-0.05, 0) is 25.7 Å². The van der Waals surface area contributed by atoms with Gasteiger partial charge in [0.05, 0.1) is 12.3 Å². The van der Waals surface area contributed by atoms with Gasteiger partial charge in [-0.3, -0.25) is 0 Å². The average Bonchev–Trinajstić information content (AvgIpc) is 2.62. The maximum absolute atomic E-state index is 11.4. The molecule has 0 aliphatic heterocycles. The molecule has 0 saturated heterocycles. The van der Waals surface area contributed by atoms with Crippen LogP contribution < -0.4 is 0 Å². The zero-order valence-corrected chi connectivity index (χ0v) is 9.41. The number of hydrogen-bond acceptors (Lipinski definition) is 4. The second-order valence-electron chi connectivity index (χ2n) is 3.77. The van der Waals surface area contributed by atoms with Crippen LogP contribution >= 0.6 is 0 Å². The van der Waals surface area contributed by atoms with E-state index in [1.54, 1.807) is 6.92 Å². The summed E-state index contributed by atoms with van der Waals surface area (Å²) in [6, 6.07) is 0. The normalized spacial score (nSPS) is 10.7. The first-order valence-corrected chi connectivity index (χ1v) is 5.21. The first-order valence-electron chi connectivity index (χ1n) is 5.21. The summed E-state index contributed by atoms with van der Waals surface area (Å²) in [6.07, 6.45) is 1.74. The van der Waals surface area contributed by atoms with E-state index < -0.39 is 5.97 Å². The van der Waals surface area contributed by atoms with Gasteiger partial charge in [-0.1, -0.05) is 13.8 Å². The summed E-state index contributed by atoms with van der Waals surface area (Å²) in [5.41, 5.74) is 1.01. The van der Waals surface area contributed by atoms with Gasteiger partial charge in [0.15, 0.2) is 5.69 Å². The Morgan fingerprint density at radius 2 is 2.20 bits per heavy atom. The molecule has 1 rings (SSSR count). The van der Waals surface area contributed by atoms with Gasteiger partial charge in [0.25, 0.3) is 0 Å². The molecule has 0 spiro atoms. The van der Waals surface area contributed by atoms with E-state index in [9.17, 15) is 4.79 Å². The molecular formula is C10H17N3O2. The maximum Gasteiger partial charge on any atom is 0.360 e. The molecule has 15 heavy (non-hydrogen) atoms. The standard InChI is InChI=1S/C10H17N3O2/c1-4-15-10(14)9-8(11-13-12-9)6-5-7(2)3/h7H,4-6H2,1-3H3,(H,11,12,13). The lowest BCUT2D eigenvalue weighted by atomic mass is 10.1. The fraction of sp³-hybridized carbons (Fsp3) is 0.700. The number of H-pyrrole nitrogens is 1. The Balaban J connectivity index is 2.64. The summed E-state index contributed by atoms with van der Waals surface area (Å²) in [6.45, 7) is 6.38. The number of ether oxygens (including phenoxy) is 1. The van der Waals surface area contributed by atoms with Crippen molar-refractivity contribution in [3.05, 3.63) is 11.4 Å². The van der Waals surface area contributed by atoms with Crippen LogP contribution in [0.25, 0.3) is 0 Å². The fourth-order valence-electron chi connectivity index (χ4n) is 1.22. The number of carbonyl (C=O) groups excluding carboxylic acids is 1. The molecule has 0 radical (unpaired) electrons. The topological polar surface area (TPSA) is 67.9 Å². The van der Waals surface area contributed by atoms with Gasteiger partial charge in [-0.2, -0.15) is 10.3 Å². The number of aromatic amines is 1. The number of aromatic nitrogens is 3. The van der Waals surface area contributed by atoms with E-state index >= 15 is 0 Å². The second-order valence-corrected chi connectivity index (χ2v) is 3.77. The van der Waals surface area contributed by atoms with Crippen LogP contribution in [0, 0.1) is 5.92 Å². The molecule has 84 valence electrons. The predicted molar refractivity (Wildman–Crippen MR) is 55.5 cm³/mol. The minimum absolute atomic E-state index is 0.317. The van der Waals surface area contributed by atoms with Crippen molar-refractivity contribution >= 4 is 5.97 Å². The number of rotatable bonds is 5. The molecule has 1 aromatic heterocycles. The van der Waals surface area contributed by atoms with Crippen LogP contribution in [0.15, 0.2) is 0 Å². The van der Waals surface area contributed by atoms with Crippen LogP contribution in [-0.2, 0) is 11.2 Å². The summed E-state index contributed by atoms with van der Waals surface area (Å²) in [5.74, 6) is 0.182. The van der Waals surface area contributed by atoms with Gasteiger partial charge < -0.3 is 4.74 Å². The Kier molecular flexibility index (Phi) is 4.27. The Morgan fingerprint density at radius 3 is 2.80 bits per heavy atom. The molecule has 0 unspecified atom stereocenters. The third-order valence-electron chi connectivity index (χ3n) is 2.05. The lowest BCUT2D eigenvalue weighted by molar-refractivity contribution is 0.0518. The molecule has 0 aliphatic rings. The zero-order valence-electron chi connectivity index (χ0n) is 9.41. The Hall–Kier alpha value is -1.39. The molecule has 1 aromatic rings. The van der Waals surface area contributed by atoms with Crippen LogP contribution in [0.5, 0.6) is 0 Å². The van der Waals surface area contributed by atoms with Crippen molar-refractivity contribution in [1.29, 1.82) is 0 Å². The molecule has 0 atom stereocenters. The van der Waals surface area contributed by atoms with E-state index in [0.29, 0.717) is 23.9 Å². The minimum atomic E-state index is -0.398. The van der Waals surface area contributed by atoms with E-state index in [1.807, 2.05) is 0 Å². The Morgan fingerprint density at radius 1 is 1.47 bits per heavy atom. The molecule has 1 N–H and O–H groups in total. The van der Waals surface area contributed by atoms with E-state index in [1.165, 1.54) is 0 Å². The SMILES string of the molecule is CCOC(=O)c1n[nH]nc1CCC(C)C. The number of esters is 1. The highest BCUT2D eigenvalue weighted by atomic mass is 16.5. The largest absolute Gasteiger partial charge is 0.461 e. The number of nitrogens with one attached hydrogen (secondary N) is 1. The van der Waals surface area contributed by atoms with E-state index in [0.717, 1.165) is 12.8 Å². The van der Waals surface area contributed by atoms with Gasteiger partial charge in [-0.15, -0.1) is 5.10 Å². The van der Waals surface area contributed by atoms with Crippen LogP contribution in [0.1, 0.15) is 43.4 Å². The van der Waals surface area contributed by atoms with Gasteiger partial charge in [0.1, 0.15) is 0 Å². The fourth-order valence-corrected chi connectivity index (χ4v) is 1.22. The highest BCUT2D eigenvalue weighted by Crippen LogP contribution is 2.10. The number of hydrogen-bond donors (Lipinski definition) is 1. The summed E-state index contributed by atoms with van der Waals surface area (Å²) >= 11 is 0. The lowest BCUT2D eigenvalue weighted by Crippen LogP contribution is -2.08. The van der Waals surface area contributed by atoms with E-state index in [-0.39, 0.29) is 0 Å². The minimum Gasteiger partial charge on any atom is -0.461 e. The average molecular weight is 211 g/mol. The summed E-state index contributed by atoms with van der Waals surface area (Å²) < 4.78 is 4.87. The first kappa shape index (κ1) is 11.7. The van der Waals surface area contributed by atoms with Crippen LogP contribution in [0.4, 0.5) is 0 Å². The molecule has 0 saturated carbocycles. The molecule has 0 fully saturated rings. The third kappa shape index (κ3) is 3.34. The quantitative estimate of drug-likeness (QED) is 0.750. The Bertz CT molecular complexity index is 320. The Labute approximate surface area is 89.2 Å². The van der Waals surface area contributed by atoms with Crippen LogP contribution in [0.2, 0.25) is 0 Å². The van der Waals surface area contributed by atoms with Crippen molar-refractivity contribution in [3.63, 3.8) is 0 Å². The summed E-state index contributed by atoms with van der Waals surface area (Å²) in [5, 5.41) is 10.2. The van der Waals surface area contributed by atoms with Gasteiger partial charge >= 0.3 is 5.97 Å². The predicted octanol–water partition coefficient (Wildman–Crippen LogP) is 1.57. The molecule has 0 bridgehead atoms. The molecule has 0 aromatic carbocycles. The maximum atomic E-state index is 11.4. The van der Waals surface area contributed by atoms with Gasteiger partial charge in [0, 0.05) is 0 Å². The summed E-state index contributed by atoms with van der Waals surface area (Å²) in [7, 11) is 0. The van der Waals surface area contributed by atoms with E-state index in [2.05, 4.69) is 29.3 Å². The molecule has 1 heterocycles. The van der Waals surface area contributed by atoms with Crippen molar-refractivity contribution in [1.82, 2.24) is 15.4 Å². The van der Waals surface area contributed by atoms with Crippen LogP contribution in [0.3, 0.4) is 0 Å². The molecule has 0 amide bonds. The first-order chi connectivity index (χ1) is 7.15. The van der Waals surface area contributed by atoms with Crippen molar-refractivity contribution in [2.75, 3.05) is 6.61 Å². The lowest BCUT2D eigenvalue weighted by Gasteiger charge is -2.03. The van der Waals surface area contributed by atoms with Gasteiger partial charge in [-0.25, -0.2) is 4.79 Å². The summed E-state index contributed by atoms with van der Waals surface area (Å²) in [4.78, 5) is 11.4. The van der Waals surface area contributed by atoms with E-state index in [4.69, 9.17) is 4.74 Å². The monoisotopic (exact) mass is 211 g/mol.